The second-order valence-corrected chi connectivity index (χ2v) is 5.58. The van der Waals surface area contributed by atoms with Crippen molar-refractivity contribution >= 4 is 15.9 Å². The number of pyridine rings is 1. The van der Waals surface area contributed by atoms with Crippen molar-refractivity contribution in [1.29, 1.82) is 0 Å². The van der Waals surface area contributed by atoms with Gasteiger partial charge in [-0.25, -0.2) is 4.39 Å². The lowest BCUT2D eigenvalue weighted by molar-refractivity contribution is 0.404. The molecule has 0 aliphatic carbocycles. The highest BCUT2D eigenvalue weighted by Crippen LogP contribution is 2.28. The second-order valence-electron chi connectivity index (χ2n) is 4.67. The molecule has 3 nitrogen and oxygen atoms in total. The van der Waals surface area contributed by atoms with E-state index in [2.05, 4.69) is 26.2 Å². The van der Waals surface area contributed by atoms with E-state index in [1.54, 1.807) is 19.4 Å². The predicted molar refractivity (Wildman–Crippen MR) is 85.0 cm³/mol. The van der Waals surface area contributed by atoms with Crippen molar-refractivity contribution in [3.63, 3.8) is 0 Å². The monoisotopic (exact) mass is 352 g/mol. The van der Waals surface area contributed by atoms with E-state index in [9.17, 15) is 4.39 Å². The lowest BCUT2D eigenvalue weighted by Crippen LogP contribution is -2.24. The molecular formula is C16H18BrFN2O. The van der Waals surface area contributed by atoms with E-state index >= 15 is 0 Å². The fourth-order valence-electron chi connectivity index (χ4n) is 2.33. The van der Waals surface area contributed by atoms with Crippen LogP contribution in [0.1, 0.15) is 24.1 Å². The lowest BCUT2D eigenvalue weighted by Gasteiger charge is -2.20. The zero-order valence-corrected chi connectivity index (χ0v) is 13.7. The Morgan fingerprint density at radius 3 is 2.86 bits per heavy atom. The number of rotatable bonds is 6. The molecule has 1 heterocycles. The Morgan fingerprint density at radius 2 is 2.19 bits per heavy atom. The Hall–Kier alpha value is -1.46. The minimum absolute atomic E-state index is 0.124. The Labute approximate surface area is 132 Å². The van der Waals surface area contributed by atoms with E-state index in [0.29, 0.717) is 12.0 Å². The number of hydrogen-bond acceptors (Lipinski definition) is 3. The molecule has 0 saturated carbocycles. The van der Waals surface area contributed by atoms with Crippen LogP contribution in [0.15, 0.2) is 41.1 Å². The largest absolute Gasteiger partial charge is 0.496 e. The summed E-state index contributed by atoms with van der Waals surface area (Å²) in [6.07, 6.45) is 3.50. The van der Waals surface area contributed by atoms with Gasteiger partial charge >= 0.3 is 0 Å². The summed E-state index contributed by atoms with van der Waals surface area (Å²) in [5, 5.41) is 3.32. The average molecular weight is 353 g/mol. The first-order valence-corrected chi connectivity index (χ1v) is 7.60. The first-order valence-electron chi connectivity index (χ1n) is 6.81. The highest BCUT2D eigenvalue weighted by molar-refractivity contribution is 9.10. The zero-order chi connectivity index (χ0) is 15.2. The van der Waals surface area contributed by atoms with E-state index in [4.69, 9.17) is 4.74 Å². The van der Waals surface area contributed by atoms with Gasteiger partial charge in [0.15, 0.2) is 0 Å². The van der Waals surface area contributed by atoms with Crippen LogP contribution in [0.3, 0.4) is 0 Å². The van der Waals surface area contributed by atoms with Crippen molar-refractivity contribution in [3.8, 4) is 5.75 Å². The number of nitrogens with one attached hydrogen (secondary N) is 1. The predicted octanol–water partition coefficient (Wildman–Crippen LogP) is 3.89. The average Bonchev–Trinajstić information content (AvgIpc) is 2.48. The van der Waals surface area contributed by atoms with Gasteiger partial charge in [0.25, 0.3) is 0 Å². The number of halogens is 2. The SMILES string of the molecule is CCNC(Cc1cc(Br)ccc1OC)c1ccncc1F. The zero-order valence-electron chi connectivity index (χ0n) is 12.1. The first-order chi connectivity index (χ1) is 10.2. The van der Waals surface area contributed by atoms with Crippen molar-refractivity contribution < 1.29 is 9.13 Å². The van der Waals surface area contributed by atoms with Crippen molar-refractivity contribution in [2.45, 2.75) is 19.4 Å². The smallest absolute Gasteiger partial charge is 0.146 e. The molecule has 1 unspecified atom stereocenters. The fourth-order valence-corrected chi connectivity index (χ4v) is 2.74. The molecule has 21 heavy (non-hydrogen) atoms. The third kappa shape index (κ3) is 4.02. The highest BCUT2D eigenvalue weighted by Gasteiger charge is 2.17. The summed E-state index contributed by atoms with van der Waals surface area (Å²) in [7, 11) is 1.64. The second kappa shape index (κ2) is 7.52. The molecule has 0 saturated heterocycles. The van der Waals surface area contributed by atoms with Crippen LogP contribution in [0, 0.1) is 5.82 Å². The Bertz CT molecular complexity index is 607. The molecule has 0 fully saturated rings. The molecule has 1 aromatic heterocycles. The first kappa shape index (κ1) is 15.9. The number of methoxy groups -OCH3 is 1. The van der Waals surface area contributed by atoms with Gasteiger partial charge in [0.1, 0.15) is 11.6 Å². The highest BCUT2D eigenvalue weighted by atomic mass is 79.9. The molecule has 0 bridgehead atoms. The molecule has 2 rings (SSSR count). The lowest BCUT2D eigenvalue weighted by atomic mass is 9.98. The summed E-state index contributed by atoms with van der Waals surface area (Å²) in [5.41, 5.74) is 1.64. The standard InChI is InChI=1S/C16H18BrFN2O/c1-3-20-15(13-6-7-19-10-14(13)18)9-11-8-12(17)4-5-16(11)21-2/h4-8,10,15,20H,3,9H2,1-2H3. The van der Waals surface area contributed by atoms with Crippen molar-refractivity contribution in [2.24, 2.45) is 0 Å². The van der Waals surface area contributed by atoms with Gasteiger partial charge in [0.05, 0.1) is 13.3 Å². The van der Waals surface area contributed by atoms with Crippen LogP contribution in [-0.2, 0) is 6.42 Å². The number of nitrogens with zero attached hydrogens (tertiary/aromatic N) is 1. The molecule has 1 aromatic carbocycles. The van der Waals surface area contributed by atoms with E-state index < -0.39 is 0 Å². The van der Waals surface area contributed by atoms with Crippen LogP contribution < -0.4 is 10.1 Å². The molecule has 112 valence electrons. The van der Waals surface area contributed by atoms with Gasteiger partial charge in [-0.3, -0.25) is 4.98 Å². The third-order valence-electron chi connectivity index (χ3n) is 3.30. The van der Waals surface area contributed by atoms with Gasteiger partial charge < -0.3 is 10.1 Å². The Morgan fingerprint density at radius 1 is 1.38 bits per heavy atom. The normalized spacial score (nSPS) is 12.2. The molecule has 0 spiro atoms. The van der Waals surface area contributed by atoms with Crippen molar-refractivity contribution in [2.75, 3.05) is 13.7 Å². The van der Waals surface area contributed by atoms with Gasteiger partial charge in [-0.2, -0.15) is 0 Å². The van der Waals surface area contributed by atoms with Crippen LogP contribution in [0.4, 0.5) is 4.39 Å². The molecule has 1 N–H and O–H groups in total. The summed E-state index contributed by atoms with van der Waals surface area (Å²) < 4.78 is 20.4. The summed E-state index contributed by atoms with van der Waals surface area (Å²) >= 11 is 3.47. The van der Waals surface area contributed by atoms with Gasteiger partial charge in [-0.1, -0.05) is 22.9 Å². The maximum atomic E-state index is 14.0. The summed E-state index contributed by atoms with van der Waals surface area (Å²) in [6.45, 7) is 2.76. The number of hydrogen-bond donors (Lipinski definition) is 1. The van der Waals surface area contributed by atoms with Crippen LogP contribution in [0.2, 0.25) is 0 Å². The fraction of sp³-hybridized carbons (Fsp3) is 0.312. The maximum Gasteiger partial charge on any atom is 0.146 e. The van der Waals surface area contributed by atoms with Gasteiger partial charge in [-0.05, 0) is 42.8 Å². The molecule has 0 amide bonds. The van der Waals surface area contributed by atoms with Crippen LogP contribution >= 0.6 is 15.9 Å². The summed E-state index contributed by atoms with van der Waals surface area (Å²) in [6, 6.07) is 7.43. The molecule has 0 aliphatic heterocycles. The molecule has 1 atom stereocenters. The third-order valence-corrected chi connectivity index (χ3v) is 3.79. The van der Waals surface area contributed by atoms with Crippen molar-refractivity contribution in [3.05, 3.63) is 58.1 Å². The molecular weight excluding hydrogens is 335 g/mol. The molecule has 0 aliphatic rings. The topological polar surface area (TPSA) is 34.1 Å². The minimum Gasteiger partial charge on any atom is -0.496 e. The molecule has 2 aromatic rings. The van der Waals surface area contributed by atoms with Gasteiger partial charge in [0.2, 0.25) is 0 Å². The minimum atomic E-state index is -0.294. The molecule has 0 radical (unpaired) electrons. The van der Waals surface area contributed by atoms with E-state index in [1.165, 1.54) is 6.20 Å². The number of aromatic nitrogens is 1. The van der Waals surface area contributed by atoms with Crippen LogP contribution in [-0.4, -0.2) is 18.6 Å². The molecule has 5 heteroatoms. The van der Waals surface area contributed by atoms with Crippen molar-refractivity contribution in [1.82, 2.24) is 10.3 Å². The van der Waals surface area contributed by atoms with Gasteiger partial charge in [0, 0.05) is 22.3 Å². The number of likely N-dealkylation sites (N-methyl/N-ethyl adjacent to an activating group) is 1. The maximum absolute atomic E-state index is 14.0. The van der Waals surface area contributed by atoms with E-state index in [0.717, 1.165) is 22.3 Å². The summed E-state index contributed by atoms with van der Waals surface area (Å²) in [5.74, 6) is 0.507. The summed E-state index contributed by atoms with van der Waals surface area (Å²) in [4.78, 5) is 3.81. The number of ether oxygens (including phenoxy) is 1. The Kier molecular flexibility index (Phi) is 5.70. The number of benzene rings is 1. The van der Waals surface area contributed by atoms with Crippen LogP contribution in [0.25, 0.3) is 0 Å². The van der Waals surface area contributed by atoms with E-state index in [-0.39, 0.29) is 11.9 Å². The quantitative estimate of drug-likeness (QED) is 0.856. The van der Waals surface area contributed by atoms with Gasteiger partial charge in [-0.15, -0.1) is 0 Å². The van der Waals surface area contributed by atoms with E-state index in [1.807, 2.05) is 25.1 Å². The van der Waals surface area contributed by atoms with Crippen LogP contribution in [0.5, 0.6) is 5.75 Å². The Balaban J connectivity index is 2.33.